The van der Waals surface area contributed by atoms with Crippen molar-refractivity contribution in [1.82, 2.24) is 25.1 Å². The van der Waals surface area contributed by atoms with Gasteiger partial charge < -0.3 is 9.88 Å². The molecule has 0 unspecified atom stereocenters. The number of nitrogens with one attached hydrogen (secondary N) is 2. The predicted molar refractivity (Wildman–Crippen MR) is 122 cm³/mol. The summed E-state index contributed by atoms with van der Waals surface area (Å²) in [4.78, 5) is 13.3. The summed E-state index contributed by atoms with van der Waals surface area (Å²) in [7, 11) is 0. The zero-order chi connectivity index (χ0) is 20.8. The molecular weight excluding hydrogens is 391 g/mol. The predicted octanol–water partition coefficient (Wildman–Crippen LogP) is 4.70. The SMILES string of the molecule is Fc1ccc2[nH]nc(-c3nc4ccc(N5CCN(C6CCCCC6)CC5)cc4[nH]3)c2c1. The lowest BCUT2D eigenvalue weighted by atomic mass is 9.94. The maximum atomic E-state index is 13.7. The number of hydrogen-bond donors (Lipinski definition) is 2. The lowest BCUT2D eigenvalue weighted by Crippen LogP contribution is -2.50. The highest BCUT2D eigenvalue weighted by Crippen LogP contribution is 2.29. The largest absolute Gasteiger partial charge is 0.369 e. The quantitative estimate of drug-likeness (QED) is 0.506. The maximum Gasteiger partial charge on any atom is 0.159 e. The molecule has 6 nitrogen and oxygen atoms in total. The van der Waals surface area contributed by atoms with E-state index in [9.17, 15) is 4.39 Å². The molecule has 0 radical (unpaired) electrons. The van der Waals surface area contributed by atoms with Crippen LogP contribution in [0.3, 0.4) is 0 Å². The Morgan fingerprint density at radius 3 is 2.58 bits per heavy atom. The minimum Gasteiger partial charge on any atom is -0.369 e. The van der Waals surface area contributed by atoms with Crippen LogP contribution in [-0.2, 0) is 0 Å². The van der Waals surface area contributed by atoms with E-state index < -0.39 is 0 Å². The summed E-state index contributed by atoms with van der Waals surface area (Å²) in [5, 5.41) is 8.06. The van der Waals surface area contributed by atoms with E-state index in [2.05, 4.69) is 43.2 Å². The molecule has 0 amide bonds. The number of rotatable bonds is 3. The van der Waals surface area contributed by atoms with Crippen LogP contribution in [0, 0.1) is 5.82 Å². The number of H-pyrrole nitrogens is 2. The molecule has 2 aliphatic rings. The Kier molecular flexibility index (Phi) is 4.64. The molecule has 1 saturated heterocycles. The van der Waals surface area contributed by atoms with Gasteiger partial charge in [-0.3, -0.25) is 10.00 Å². The minimum atomic E-state index is -0.277. The molecule has 7 heteroatoms. The average molecular weight is 419 g/mol. The van der Waals surface area contributed by atoms with E-state index in [1.165, 1.54) is 49.9 Å². The van der Waals surface area contributed by atoms with E-state index >= 15 is 0 Å². The zero-order valence-corrected chi connectivity index (χ0v) is 17.6. The number of aromatic nitrogens is 4. The van der Waals surface area contributed by atoms with E-state index in [-0.39, 0.29) is 5.82 Å². The van der Waals surface area contributed by atoms with Crippen LogP contribution in [0.1, 0.15) is 32.1 Å². The Morgan fingerprint density at radius 2 is 1.74 bits per heavy atom. The normalized spacial score (nSPS) is 18.9. The number of nitrogens with zero attached hydrogens (tertiary/aromatic N) is 4. The van der Waals surface area contributed by atoms with Crippen molar-refractivity contribution in [2.45, 2.75) is 38.1 Å². The van der Waals surface area contributed by atoms with Gasteiger partial charge in [-0.1, -0.05) is 19.3 Å². The number of hydrogen-bond acceptors (Lipinski definition) is 4. The first-order chi connectivity index (χ1) is 15.2. The molecule has 2 aromatic heterocycles. The zero-order valence-electron chi connectivity index (χ0n) is 17.6. The van der Waals surface area contributed by atoms with Gasteiger partial charge in [0.15, 0.2) is 5.82 Å². The van der Waals surface area contributed by atoms with Crippen molar-refractivity contribution in [2.75, 3.05) is 31.1 Å². The Morgan fingerprint density at radius 1 is 0.903 bits per heavy atom. The second kappa shape index (κ2) is 7.64. The standard InChI is InChI=1S/C24H27FN6/c25-16-6-8-20-19(14-16)23(29-28-20)24-26-21-9-7-18(15-22(21)27-24)31-12-10-30(11-13-31)17-4-2-1-3-5-17/h6-9,14-15,17H,1-5,10-13H2,(H,26,27)(H,28,29). The van der Waals surface area contributed by atoms with Gasteiger partial charge >= 0.3 is 0 Å². The highest BCUT2D eigenvalue weighted by atomic mass is 19.1. The van der Waals surface area contributed by atoms with Gasteiger partial charge in [-0.15, -0.1) is 0 Å². The third-order valence-corrected chi connectivity index (χ3v) is 6.99. The van der Waals surface area contributed by atoms with Gasteiger partial charge in [0.1, 0.15) is 11.5 Å². The fraction of sp³-hybridized carbons (Fsp3) is 0.417. The molecule has 2 fully saturated rings. The van der Waals surface area contributed by atoms with E-state index in [1.54, 1.807) is 6.07 Å². The maximum absolute atomic E-state index is 13.7. The second-order valence-electron chi connectivity index (χ2n) is 8.86. The molecule has 31 heavy (non-hydrogen) atoms. The summed E-state index contributed by atoms with van der Waals surface area (Å²) >= 11 is 0. The number of fused-ring (bicyclic) bond motifs is 2. The first kappa shape index (κ1) is 18.8. The Bertz CT molecular complexity index is 1210. The molecule has 1 aliphatic carbocycles. The molecular formula is C24H27FN6. The molecule has 0 bridgehead atoms. The van der Waals surface area contributed by atoms with Crippen LogP contribution in [0.15, 0.2) is 36.4 Å². The summed E-state index contributed by atoms with van der Waals surface area (Å²) in [5.74, 6) is 0.382. The summed E-state index contributed by atoms with van der Waals surface area (Å²) < 4.78 is 13.7. The van der Waals surface area contributed by atoms with E-state index in [1.807, 2.05) is 0 Å². The summed E-state index contributed by atoms with van der Waals surface area (Å²) in [6.07, 6.45) is 6.93. The van der Waals surface area contributed by atoms with Crippen molar-refractivity contribution in [3.8, 4) is 11.5 Å². The van der Waals surface area contributed by atoms with Gasteiger partial charge in [-0.05, 0) is 49.2 Å². The number of imidazole rings is 1. The number of benzene rings is 2. The van der Waals surface area contributed by atoms with Gasteiger partial charge in [-0.25, -0.2) is 9.37 Å². The van der Waals surface area contributed by atoms with Crippen molar-refractivity contribution in [3.05, 3.63) is 42.2 Å². The van der Waals surface area contributed by atoms with Crippen molar-refractivity contribution < 1.29 is 4.39 Å². The van der Waals surface area contributed by atoms with Crippen LogP contribution in [0.25, 0.3) is 33.5 Å². The van der Waals surface area contributed by atoms with Crippen LogP contribution < -0.4 is 4.90 Å². The fourth-order valence-electron chi connectivity index (χ4n) is 5.26. The number of aromatic amines is 2. The summed E-state index contributed by atoms with van der Waals surface area (Å²) in [6, 6.07) is 11.8. The molecule has 160 valence electrons. The minimum absolute atomic E-state index is 0.277. The average Bonchev–Trinajstić information content (AvgIpc) is 3.42. The van der Waals surface area contributed by atoms with Crippen molar-refractivity contribution >= 4 is 27.6 Å². The molecule has 4 aromatic rings. The topological polar surface area (TPSA) is 63.8 Å². The van der Waals surface area contributed by atoms with E-state index in [0.717, 1.165) is 54.2 Å². The van der Waals surface area contributed by atoms with Gasteiger partial charge in [-0.2, -0.15) is 5.10 Å². The van der Waals surface area contributed by atoms with Gasteiger partial charge in [0.2, 0.25) is 0 Å². The first-order valence-corrected chi connectivity index (χ1v) is 11.4. The van der Waals surface area contributed by atoms with Crippen molar-refractivity contribution in [1.29, 1.82) is 0 Å². The Hall–Kier alpha value is -2.93. The molecule has 0 spiro atoms. The highest BCUT2D eigenvalue weighted by Gasteiger charge is 2.25. The van der Waals surface area contributed by atoms with Crippen LogP contribution in [0.2, 0.25) is 0 Å². The molecule has 3 heterocycles. The van der Waals surface area contributed by atoms with Crippen LogP contribution in [0.4, 0.5) is 10.1 Å². The summed E-state index contributed by atoms with van der Waals surface area (Å²) in [6.45, 7) is 4.40. The van der Waals surface area contributed by atoms with Gasteiger partial charge in [0.05, 0.1) is 16.6 Å². The molecule has 2 N–H and O–H groups in total. The summed E-state index contributed by atoms with van der Waals surface area (Å²) in [5.41, 5.74) is 4.55. The van der Waals surface area contributed by atoms with Crippen LogP contribution >= 0.6 is 0 Å². The Labute approximate surface area is 180 Å². The lowest BCUT2D eigenvalue weighted by Gasteiger charge is -2.41. The van der Waals surface area contributed by atoms with Crippen molar-refractivity contribution in [2.24, 2.45) is 0 Å². The smallest absolute Gasteiger partial charge is 0.159 e. The van der Waals surface area contributed by atoms with E-state index in [4.69, 9.17) is 4.98 Å². The lowest BCUT2D eigenvalue weighted by molar-refractivity contribution is 0.148. The van der Waals surface area contributed by atoms with Crippen LogP contribution in [-0.4, -0.2) is 57.3 Å². The molecule has 1 aliphatic heterocycles. The fourth-order valence-corrected chi connectivity index (χ4v) is 5.26. The van der Waals surface area contributed by atoms with Crippen LogP contribution in [0.5, 0.6) is 0 Å². The Balaban J connectivity index is 1.23. The number of halogens is 1. The molecule has 2 aromatic carbocycles. The van der Waals surface area contributed by atoms with E-state index in [0.29, 0.717) is 11.5 Å². The van der Waals surface area contributed by atoms with Gasteiger partial charge in [0.25, 0.3) is 0 Å². The first-order valence-electron chi connectivity index (χ1n) is 11.4. The third kappa shape index (κ3) is 3.47. The van der Waals surface area contributed by atoms with Gasteiger partial charge in [0, 0.05) is 43.3 Å². The number of piperazine rings is 1. The van der Waals surface area contributed by atoms with Crippen molar-refractivity contribution in [3.63, 3.8) is 0 Å². The second-order valence-corrected chi connectivity index (χ2v) is 8.86. The molecule has 6 rings (SSSR count). The molecule has 1 saturated carbocycles. The monoisotopic (exact) mass is 418 g/mol. The third-order valence-electron chi connectivity index (χ3n) is 6.99. The number of anilines is 1. The highest BCUT2D eigenvalue weighted by molar-refractivity contribution is 5.93. The molecule has 0 atom stereocenters.